The van der Waals surface area contributed by atoms with E-state index in [1.807, 2.05) is 6.07 Å². The maximum atomic E-state index is 13.2. The van der Waals surface area contributed by atoms with Crippen LogP contribution in [0.3, 0.4) is 0 Å². The van der Waals surface area contributed by atoms with Gasteiger partial charge >= 0.3 is 5.97 Å². The first kappa shape index (κ1) is 24.1. The lowest BCUT2D eigenvalue weighted by Crippen LogP contribution is -2.44. The van der Waals surface area contributed by atoms with Crippen LogP contribution in [0.5, 0.6) is 0 Å². The molecule has 33 heavy (non-hydrogen) atoms. The topological polar surface area (TPSA) is 116 Å². The number of nitrogens with one attached hydrogen (secondary N) is 1. The predicted molar refractivity (Wildman–Crippen MR) is 124 cm³/mol. The molecule has 0 aliphatic heterocycles. The number of benzene rings is 3. The van der Waals surface area contributed by atoms with Gasteiger partial charge in [-0.25, -0.2) is 8.42 Å². The molecule has 3 aromatic rings. The van der Waals surface area contributed by atoms with E-state index in [2.05, 4.69) is 4.72 Å². The van der Waals surface area contributed by atoms with Crippen molar-refractivity contribution < 1.29 is 22.9 Å². The average molecular weight is 469 g/mol. The maximum Gasteiger partial charge on any atom is 0.324 e. The second-order valence-corrected chi connectivity index (χ2v) is 9.40. The van der Waals surface area contributed by atoms with Crippen LogP contribution in [0.1, 0.15) is 19.4 Å². The van der Waals surface area contributed by atoms with Crippen molar-refractivity contribution in [2.24, 2.45) is 0 Å². The molecule has 0 saturated heterocycles. The van der Waals surface area contributed by atoms with Crippen LogP contribution >= 0.6 is 0 Å². The fourth-order valence-corrected chi connectivity index (χ4v) is 4.46. The molecule has 0 fully saturated rings. The van der Waals surface area contributed by atoms with Gasteiger partial charge in [0.25, 0.3) is 5.69 Å². The van der Waals surface area contributed by atoms with E-state index < -0.39 is 33.1 Å². The molecule has 0 spiro atoms. The van der Waals surface area contributed by atoms with E-state index in [0.717, 1.165) is 5.56 Å². The van der Waals surface area contributed by atoms with Crippen molar-refractivity contribution in [3.05, 3.63) is 94.5 Å². The maximum absolute atomic E-state index is 13.2. The summed E-state index contributed by atoms with van der Waals surface area (Å²) >= 11 is 0. The van der Waals surface area contributed by atoms with Crippen LogP contribution in [-0.2, 0) is 26.0 Å². The van der Waals surface area contributed by atoms with Crippen LogP contribution in [0.2, 0.25) is 0 Å². The molecule has 1 N–H and O–H groups in total. The predicted octanol–water partition coefficient (Wildman–Crippen LogP) is 4.10. The zero-order valence-electron chi connectivity index (χ0n) is 18.2. The number of rotatable bonds is 9. The molecule has 1 unspecified atom stereocenters. The van der Waals surface area contributed by atoms with Gasteiger partial charge in [0.2, 0.25) is 10.0 Å². The first-order valence-corrected chi connectivity index (χ1v) is 11.8. The quantitative estimate of drug-likeness (QED) is 0.287. The number of carbonyl (C=O) groups excluding carboxylic acids is 1. The lowest BCUT2D eigenvalue weighted by Gasteiger charge is -2.19. The minimum absolute atomic E-state index is 0.0677. The van der Waals surface area contributed by atoms with Crippen molar-refractivity contribution in [2.45, 2.75) is 37.3 Å². The van der Waals surface area contributed by atoms with Crippen molar-refractivity contribution in [1.82, 2.24) is 4.72 Å². The van der Waals surface area contributed by atoms with Crippen LogP contribution in [-0.4, -0.2) is 31.5 Å². The SMILES string of the molecule is CC(C)OC(=O)C(Cc1ccccc1)NS(=O)(=O)c1cccc(-c2cccc([N+](=O)[O-])c2)c1. The minimum atomic E-state index is -4.10. The largest absolute Gasteiger partial charge is 0.462 e. The molecule has 9 heteroatoms. The van der Waals surface area contributed by atoms with Gasteiger partial charge in [-0.1, -0.05) is 54.6 Å². The molecule has 0 amide bonds. The molecular formula is C24H24N2O6S. The molecule has 0 aliphatic carbocycles. The van der Waals surface area contributed by atoms with E-state index in [4.69, 9.17) is 4.74 Å². The van der Waals surface area contributed by atoms with Crippen molar-refractivity contribution in [3.63, 3.8) is 0 Å². The molecular weight excluding hydrogens is 444 g/mol. The van der Waals surface area contributed by atoms with Gasteiger partial charge in [-0.05, 0) is 49.1 Å². The van der Waals surface area contributed by atoms with Crippen LogP contribution in [0, 0.1) is 10.1 Å². The Morgan fingerprint density at radius 1 is 0.970 bits per heavy atom. The van der Waals surface area contributed by atoms with Crippen LogP contribution in [0.15, 0.2) is 83.8 Å². The zero-order valence-corrected chi connectivity index (χ0v) is 19.0. The molecule has 172 valence electrons. The second kappa shape index (κ2) is 10.4. The highest BCUT2D eigenvalue weighted by molar-refractivity contribution is 7.89. The second-order valence-electron chi connectivity index (χ2n) is 7.68. The van der Waals surface area contributed by atoms with Crippen molar-refractivity contribution >= 4 is 21.7 Å². The molecule has 0 bridgehead atoms. The number of nitro groups is 1. The number of nitrogens with zero attached hydrogens (tertiary/aromatic N) is 1. The molecule has 0 aliphatic rings. The van der Waals surface area contributed by atoms with E-state index in [0.29, 0.717) is 11.1 Å². The number of non-ortho nitro benzene ring substituents is 1. The lowest BCUT2D eigenvalue weighted by molar-refractivity contribution is -0.384. The third kappa shape index (κ3) is 6.47. The van der Waals surface area contributed by atoms with Gasteiger partial charge in [0.15, 0.2) is 0 Å². The number of sulfonamides is 1. The number of esters is 1. The van der Waals surface area contributed by atoms with Crippen LogP contribution in [0.25, 0.3) is 11.1 Å². The van der Waals surface area contributed by atoms with E-state index in [9.17, 15) is 23.3 Å². The summed E-state index contributed by atoms with van der Waals surface area (Å²) in [5, 5.41) is 11.1. The summed E-state index contributed by atoms with van der Waals surface area (Å²) in [6.45, 7) is 3.38. The van der Waals surface area contributed by atoms with E-state index in [1.54, 1.807) is 56.3 Å². The van der Waals surface area contributed by atoms with Crippen molar-refractivity contribution in [3.8, 4) is 11.1 Å². The summed E-state index contributed by atoms with van der Waals surface area (Å²) in [6, 6.07) is 19.8. The number of nitro benzene ring substituents is 1. The normalized spacial score (nSPS) is 12.3. The molecule has 0 saturated carbocycles. The van der Waals surface area contributed by atoms with Gasteiger partial charge in [0, 0.05) is 12.1 Å². The summed E-state index contributed by atoms with van der Waals surface area (Å²) in [6.07, 6.45) is -0.284. The number of carbonyl (C=O) groups is 1. The summed E-state index contributed by atoms with van der Waals surface area (Å²) < 4.78 is 34.0. The Morgan fingerprint density at radius 2 is 1.61 bits per heavy atom. The van der Waals surface area contributed by atoms with Gasteiger partial charge in [0.1, 0.15) is 6.04 Å². The van der Waals surface area contributed by atoms with E-state index in [-0.39, 0.29) is 17.0 Å². The lowest BCUT2D eigenvalue weighted by atomic mass is 10.1. The number of ether oxygens (including phenoxy) is 1. The van der Waals surface area contributed by atoms with Gasteiger partial charge in [-0.2, -0.15) is 4.72 Å². The summed E-state index contributed by atoms with van der Waals surface area (Å²) in [5.41, 5.74) is 1.67. The molecule has 0 aromatic heterocycles. The summed E-state index contributed by atoms with van der Waals surface area (Å²) in [5.74, 6) is -0.674. The highest BCUT2D eigenvalue weighted by Crippen LogP contribution is 2.26. The molecule has 1 atom stereocenters. The summed E-state index contributed by atoms with van der Waals surface area (Å²) in [7, 11) is -4.10. The fraction of sp³-hybridized carbons (Fsp3) is 0.208. The smallest absolute Gasteiger partial charge is 0.324 e. The zero-order chi connectivity index (χ0) is 24.0. The van der Waals surface area contributed by atoms with E-state index in [1.165, 1.54) is 30.3 Å². The van der Waals surface area contributed by atoms with Gasteiger partial charge in [-0.3, -0.25) is 14.9 Å². The standard InChI is InChI=1S/C24H24N2O6S/c1-17(2)32-24(27)23(14-18-8-4-3-5-9-18)25-33(30,31)22-13-7-11-20(16-22)19-10-6-12-21(15-19)26(28)29/h3-13,15-17,23,25H,14H2,1-2H3. The summed E-state index contributed by atoms with van der Waals surface area (Å²) in [4.78, 5) is 23.1. The molecule has 0 radical (unpaired) electrons. The van der Waals surface area contributed by atoms with Crippen molar-refractivity contribution in [2.75, 3.05) is 0 Å². The highest BCUT2D eigenvalue weighted by atomic mass is 32.2. The molecule has 3 rings (SSSR count). The Balaban J connectivity index is 1.91. The Morgan fingerprint density at radius 3 is 2.24 bits per heavy atom. The van der Waals surface area contributed by atoms with Crippen LogP contribution < -0.4 is 4.72 Å². The van der Waals surface area contributed by atoms with Gasteiger partial charge < -0.3 is 4.74 Å². The third-order valence-electron chi connectivity index (χ3n) is 4.75. The minimum Gasteiger partial charge on any atom is -0.462 e. The Bertz CT molecular complexity index is 1240. The first-order chi connectivity index (χ1) is 15.7. The van der Waals surface area contributed by atoms with Gasteiger partial charge in [-0.15, -0.1) is 0 Å². The van der Waals surface area contributed by atoms with Crippen molar-refractivity contribution in [1.29, 1.82) is 0 Å². The molecule has 3 aromatic carbocycles. The Kier molecular flexibility index (Phi) is 7.57. The van der Waals surface area contributed by atoms with Crippen LogP contribution in [0.4, 0.5) is 5.69 Å². The van der Waals surface area contributed by atoms with Gasteiger partial charge in [0.05, 0.1) is 15.9 Å². The fourth-order valence-electron chi connectivity index (χ4n) is 3.23. The van der Waals surface area contributed by atoms with E-state index >= 15 is 0 Å². The number of hydrogen-bond acceptors (Lipinski definition) is 6. The number of hydrogen-bond donors (Lipinski definition) is 1. The molecule has 0 heterocycles. The molecule has 8 nitrogen and oxygen atoms in total. The monoisotopic (exact) mass is 468 g/mol. The Labute approximate surface area is 192 Å². The third-order valence-corrected chi connectivity index (χ3v) is 6.22. The first-order valence-electron chi connectivity index (χ1n) is 10.3. The highest BCUT2D eigenvalue weighted by Gasteiger charge is 2.28. The Hall–Kier alpha value is -3.56. The average Bonchev–Trinajstić information content (AvgIpc) is 2.79.